The predicted molar refractivity (Wildman–Crippen MR) is 94.5 cm³/mol. The minimum Gasteiger partial charge on any atom is -0.477 e. The molecule has 0 saturated carbocycles. The van der Waals surface area contributed by atoms with Gasteiger partial charge in [0.05, 0.1) is 20.6 Å². The van der Waals surface area contributed by atoms with Crippen molar-refractivity contribution in [2.24, 2.45) is 0 Å². The van der Waals surface area contributed by atoms with Crippen LogP contribution in [0, 0.1) is 0 Å². The molecule has 0 spiro atoms. The second-order valence-electron chi connectivity index (χ2n) is 4.99. The van der Waals surface area contributed by atoms with Crippen molar-refractivity contribution in [1.29, 1.82) is 0 Å². The van der Waals surface area contributed by atoms with Gasteiger partial charge in [0, 0.05) is 17.0 Å². The number of rotatable bonds is 3. The van der Waals surface area contributed by atoms with Crippen molar-refractivity contribution in [2.45, 2.75) is 6.54 Å². The van der Waals surface area contributed by atoms with Gasteiger partial charge in [-0.1, -0.05) is 52.5 Å². The van der Waals surface area contributed by atoms with E-state index in [1.165, 1.54) is 0 Å². The first-order valence-corrected chi connectivity index (χ1v) is 8.03. The van der Waals surface area contributed by atoms with Gasteiger partial charge in [0.1, 0.15) is 5.69 Å². The number of aromatic carboxylic acids is 1. The van der Waals surface area contributed by atoms with E-state index in [-0.39, 0.29) is 5.69 Å². The van der Waals surface area contributed by atoms with Crippen molar-refractivity contribution in [2.75, 3.05) is 0 Å². The van der Waals surface area contributed by atoms with Crippen LogP contribution in [0.2, 0.25) is 20.1 Å². The van der Waals surface area contributed by atoms with Gasteiger partial charge in [-0.05, 0) is 35.9 Å². The van der Waals surface area contributed by atoms with E-state index in [0.717, 1.165) is 5.56 Å². The molecule has 0 unspecified atom stereocenters. The molecule has 118 valence electrons. The summed E-state index contributed by atoms with van der Waals surface area (Å²) in [6, 6.07) is 9.97. The lowest BCUT2D eigenvalue weighted by Gasteiger charge is -2.10. The molecular weight excluding hydrogens is 380 g/mol. The normalized spacial score (nSPS) is 11.1. The molecule has 3 rings (SSSR count). The van der Waals surface area contributed by atoms with E-state index in [2.05, 4.69) is 0 Å². The smallest absolute Gasteiger partial charge is 0.352 e. The summed E-state index contributed by atoms with van der Waals surface area (Å²) in [6.07, 6.45) is 0. The van der Waals surface area contributed by atoms with Crippen molar-refractivity contribution in [3.05, 3.63) is 67.7 Å². The quantitative estimate of drug-likeness (QED) is 0.597. The Bertz CT molecular complexity index is 933. The third-order valence-electron chi connectivity index (χ3n) is 3.45. The van der Waals surface area contributed by atoms with Gasteiger partial charge in [0.2, 0.25) is 0 Å². The highest BCUT2D eigenvalue weighted by Crippen LogP contribution is 2.32. The maximum Gasteiger partial charge on any atom is 0.352 e. The summed E-state index contributed by atoms with van der Waals surface area (Å²) in [6.45, 7) is 0.295. The first kappa shape index (κ1) is 16.5. The molecule has 2 aromatic carbocycles. The Balaban J connectivity index is 2.20. The Labute approximate surface area is 151 Å². The van der Waals surface area contributed by atoms with Crippen molar-refractivity contribution in [1.82, 2.24) is 4.57 Å². The number of hydrogen-bond donors (Lipinski definition) is 1. The first-order chi connectivity index (χ1) is 10.9. The number of hydrogen-bond acceptors (Lipinski definition) is 1. The van der Waals surface area contributed by atoms with Gasteiger partial charge in [0.25, 0.3) is 0 Å². The predicted octanol–water partition coefficient (Wildman–Crippen LogP) is 6.00. The number of aromatic nitrogens is 1. The lowest BCUT2D eigenvalue weighted by molar-refractivity contribution is 0.0686. The van der Waals surface area contributed by atoms with Crippen molar-refractivity contribution in [3.8, 4) is 0 Å². The van der Waals surface area contributed by atoms with Crippen LogP contribution in [0.15, 0.2) is 36.4 Å². The van der Waals surface area contributed by atoms with E-state index in [4.69, 9.17) is 46.4 Å². The molecule has 3 nitrogen and oxygen atoms in total. The van der Waals surface area contributed by atoms with E-state index in [1.54, 1.807) is 41.0 Å². The number of carbonyl (C=O) groups is 1. The Kier molecular flexibility index (Phi) is 4.47. The van der Waals surface area contributed by atoms with Gasteiger partial charge < -0.3 is 9.67 Å². The molecule has 0 atom stereocenters. The lowest BCUT2D eigenvalue weighted by atomic mass is 10.2. The molecule has 0 bridgehead atoms. The van der Waals surface area contributed by atoms with E-state index in [9.17, 15) is 9.90 Å². The van der Waals surface area contributed by atoms with Crippen LogP contribution < -0.4 is 0 Å². The minimum absolute atomic E-state index is 0.121. The molecule has 0 fully saturated rings. The Morgan fingerprint density at radius 3 is 2.35 bits per heavy atom. The van der Waals surface area contributed by atoms with Crippen molar-refractivity contribution in [3.63, 3.8) is 0 Å². The summed E-state index contributed by atoms with van der Waals surface area (Å²) in [4.78, 5) is 11.6. The molecule has 23 heavy (non-hydrogen) atoms. The van der Waals surface area contributed by atoms with Crippen LogP contribution in [0.3, 0.4) is 0 Å². The lowest BCUT2D eigenvalue weighted by Crippen LogP contribution is -2.09. The summed E-state index contributed by atoms with van der Waals surface area (Å²) in [5.41, 5.74) is 1.54. The van der Waals surface area contributed by atoms with Crippen LogP contribution in [0.25, 0.3) is 10.9 Å². The second kappa shape index (κ2) is 6.25. The largest absolute Gasteiger partial charge is 0.477 e. The first-order valence-electron chi connectivity index (χ1n) is 6.52. The van der Waals surface area contributed by atoms with Crippen LogP contribution in [0.4, 0.5) is 0 Å². The molecule has 1 aromatic heterocycles. The molecular formula is C16H9Cl4NO2. The number of carboxylic acid groups (broad SMARTS) is 1. The minimum atomic E-state index is -1.05. The van der Waals surface area contributed by atoms with E-state index >= 15 is 0 Å². The Morgan fingerprint density at radius 1 is 0.957 bits per heavy atom. The maximum absolute atomic E-state index is 11.6. The topological polar surface area (TPSA) is 42.2 Å². The van der Waals surface area contributed by atoms with Gasteiger partial charge in [-0.3, -0.25) is 0 Å². The zero-order chi connectivity index (χ0) is 16.7. The zero-order valence-electron chi connectivity index (χ0n) is 11.5. The maximum atomic E-state index is 11.6. The molecule has 0 saturated heterocycles. The number of fused-ring (bicyclic) bond motifs is 1. The fourth-order valence-corrected chi connectivity index (χ4v) is 3.42. The zero-order valence-corrected chi connectivity index (χ0v) is 14.5. The standard InChI is InChI=1S/C16H9Cl4NO2/c17-10-4-9-5-14(16(22)23)21(15(9)13(20)6-10)7-8-1-2-11(18)12(19)3-8/h1-6H,7H2,(H,22,23). The van der Waals surface area contributed by atoms with E-state index < -0.39 is 5.97 Å². The molecule has 1 heterocycles. The highest BCUT2D eigenvalue weighted by Gasteiger charge is 2.18. The van der Waals surface area contributed by atoms with Gasteiger partial charge in [-0.15, -0.1) is 0 Å². The SMILES string of the molecule is O=C(O)c1cc2cc(Cl)cc(Cl)c2n1Cc1ccc(Cl)c(Cl)c1. The molecule has 1 N–H and O–H groups in total. The van der Waals surface area contributed by atoms with Crippen LogP contribution in [-0.2, 0) is 6.54 Å². The average Bonchev–Trinajstić information content (AvgIpc) is 2.81. The number of carboxylic acids is 1. The summed E-state index contributed by atoms with van der Waals surface area (Å²) in [5.74, 6) is -1.05. The van der Waals surface area contributed by atoms with Crippen molar-refractivity contribution < 1.29 is 9.90 Å². The molecule has 0 aliphatic carbocycles. The molecule has 3 aromatic rings. The van der Waals surface area contributed by atoms with Crippen LogP contribution >= 0.6 is 46.4 Å². The monoisotopic (exact) mass is 387 g/mol. The molecule has 0 aliphatic rings. The fourth-order valence-electron chi connectivity index (χ4n) is 2.49. The van der Waals surface area contributed by atoms with Crippen LogP contribution in [0.5, 0.6) is 0 Å². The second-order valence-corrected chi connectivity index (χ2v) is 6.65. The van der Waals surface area contributed by atoms with E-state index in [0.29, 0.717) is 37.5 Å². The molecule has 0 aliphatic heterocycles. The highest BCUT2D eigenvalue weighted by atomic mass is 35.5. The van der Waals surface area contributed by atoms with Gasteiger partial charge >= 0.3 is 5.97 Å². The number of halogens is 4. The molecule has 7 heteroatoms. The number of benzene rings is 2. The summed E-state index contributed by atoms with van der Waals surface area (Å²) in [5, 5.41) is 11.8. The summed E-state index contributed by atoms with van der Waals surface area (Å²) in [7, 11) is 0. The van der Waals surface area contributed by atoms with E-state index in [1.807, 2.05) is 0 Å². The highest BCUT2D eigenvalue weighted by molar-refractivity contribution is 6.42. The third-order valence-corrected chi connectivity index (χ3v) is 4.70. The van der Waals surface area contributed by atoms with Gasteiger partial charge in [-0.2, -0.15) is 0 Å². The Morgan fingerprint density at radius 2 is 1.70 bits per heavy atom. The van der Waals surface area contributed by atoms with Gasteiger partial charge in [-0.25, -0.2) is 4.79 Å². The van der Waals surface area contributed by atoms with Gasteiger partial charge in [0.15, 0.2) is 0 Å². The third kappa shape index (κ3) is 3.15. The Hall–Kier alpha value is -1.39. The molecule has 0 radical (unpaired) electrons. The number of nitrogens with zero attached hydrogens (tertiary/aromatic N) is 1. The van der Waals surface area contributed by atoms with Crippen molar-refractivity contribution >= 4 is 63.3 Å². The summed E-state index contributed by atoms with van der Waals surface area (Å²) >= 11 is 24.2. The van der Waals surface area contributed by atoms with Crippen LogP contribution in [-0.4, -0.2) is 15.6 Å². The summed E-state index contributed by atoms with van der Waals surface area (Å²) < 4.78 is 1.62. The molecule has 0 amide bonds. The average molecular weight is 389 g/mol. The fraction of sp³-hybridized carbons (Fsp3) is 0.0625. The van der Waals surface area contributed by atoms with Crippen LogP contribution in [0.1, 0.15) is 16.1 Å².